The second-order valence-electron chi connectivity index (χ2n) is 6.65. The average molecular weight is 361 g/mol. The van der Waals surface area contributed by atoms with Gasteiger partial charge in [0, 0.05) is 48.0 Å². The van der Waals surface area contributed by atoms with Crippen molar-refractivity contribution in [1.29, 1.82) is 0 Å². The Morgan fingerprint density at radius 1 is 1.04 bits per heavy atom. The van der Waals surface area contributed by atoms with Crippen LogP contribution in [-0.2, 0) is 0 Å². The number of amidine groups is 1. The summed E-state index contributed by atoms with van der Waals surface area (Å²) in [5, 5.41) is 1.70. The van der Waals surface area contributed by atoms with Crippen LogP contribution in [0, 0.1) is 0 Å². The van der Waals surface area contributed by atoms with Crippen LogP contribution >= 0.6 is 11.8 Å². The summed E-state index contributed by atoms with van der Waals surface area (Å²) in [6, 6.07) is 14.6. The van der Waals surface area contributed by atoms with E-state index >= 15 is 0 Å². The van der Waals surface area contributed by atoms with Crippen molar-refractivity contribution in [2.24, 2.45) is 4.99 Å². The second kappa shape index (κ2) is 6.29. The fourth-order valence-electron chi connectivity index (χ4n) is 3.81. The molecule has 1 saturated heterocycles. The molecule has 6 heteroatoms. The van der Waals surface area contributed by atoms with Gasteiger partial charge in [0.15, 0.2) is 5.17 Å². The summed E-state index contributed by atoms with van der Waals surface area (Å²) >= 11 is 1.87. The minimum Gasteiger partial charge on any atom is -0.339 e. The molecule has 0 amide bonds. The molecule has 3 aromatic heterocycles. The Balaban J connectivity index is 1.62. The first-order valence-corrected chi connectivity index (χ1v) is 9.69. The van der Waals surface area contributed by atoms with Crippen molar-refractivity contribution in [3.63, 3.8) is 0 Å². The summed E-state index contributed by atoms with van der Waals surface area (Å²) in [7, 11) is 0. The van der Waals surface area contributed by atoms with Gasteiger partial charge in [-0.15, -0.1) is 0 Å². The molecule has 0 N–H and O–H groups in total. The standard InChI is InChI=1S/C20H19N5S/c1-14-13-25-19(17-6-4-12-24(17)15-7-10-21-11-8-15)18(23-20(25)26-14)16-5-2-3-9-22-16/h2-12,14,18-19H,13H2,1H3/t14-,18-,19-/m1/s1. The number of pyridine rings is 2. The van der Waals surface area contributed by atoms with Crippen molar-refractivity contribution in [2.45, 2.75) is 24.3 Å². The van der Waals surface area contributed by atoms with Crippen LogP contribution in [0.3, 0.4) is 0 Å². The zero-order valence-corrected chi connectivity index (χ0v) is 15.3. The maximum atomic E-state index is 5.06. The molecule has 2 aliphatic rings. The summed E-state index contributed by atoms with van der Waals surface area (Å²) in [6.07, 6.45) is 7.64. The van der Waals surface area contributed by atoms with E-state index in [4.69, 9.17) is 4.99 Å². The number of fused-ring (bicyclic) bond motifs is 1. The fraction of sp³-hybridized carbons (Fsp3) is 0.250. The van der Waals surface area contributed by atoms with E-state index in [9.17, 15) is 0 Å². The Bertz CT molecular complexity index is 937. The van der Waals surface area contributed by atoms with E-state index in [1.165, 1.54) is 5.69 Å². The Labute approximate surface area is 156 Å². The minimum absolute atomic E-state index is 0.0155. The first-order chi connectivity index (χ1) is 12.8. The third kappa shape index (κ3) is 2.52. The van der Waals surface area contributed by atoms with Gasteiger partial charge in [0.05, 0.1) is 11.7 Å². The van der Waals surface area contributed by atoms with Crippen LogP contribution in [0.15, 0.2) is 72.2 Å². The number of hydrogen-bond acceptors (Lipinski definition) is 5. The second-order valence-corrected chi connectivity index (χ2v) is 8.05. The maximum Gasteiger partial charge on any atom is 0.160 e. The SMILES string of the molecule is C[C@@H]1CN2C(=N[C@H](c3ccccn3)[C@H]2c2cccn2-c2ccncc2)S1. The quantitative estimate of drug-likeness (QED) is 0.711. The lowest BCUT2D eigenvalue weighted by atomic mass is 10.0. The first kappa shape index (κ1) is 15.6. The van der Waals surface area contributed by atoms with Crippen LogP contribution in [0.5, 0.6) is 0 Å². The molecule has 3 atom stereocenters. The molecule has 5 rings (SSSR count). The molecule has 5 nitrogen and oxygen atoms in total. The van der Waals surface area contributed by atoms with E-state index < -0.39 is 0 Å². The summed E-state index contributed by atoms with van der Waals surface area (Å²) in [4.78, 5) is 16.3. The van der Waals surface area contributed by atoms with Gasteiger partial charge in [0.1, 0.15) is 6.04 Å². The van der Waals surface area contributed by atoms with E-state index in [2.05, 4.69) is 50.8 Å². The number of nitrogens with zero attached hydrogens (tertiary/aromatic N) is 5. The van der Waals surface area contributed by atoms with E-state index in [1.807, 2.05) is 54.6 Å². The average Bonchev–Trinajstić information content (AvgIpc) is 3.37. The van der Waals surface area contributed by atoms with E-state index in [-0.39, 0.29) is 12.1 Å². The van der Waals surface area contributed by atoms with Crippen molar-refractivity contribution >= 4 is 16.9 Å². The van der Waals surface area contributed by atoms with E-state index in [1.54, 1.807) is 0 Å². The topological polar surface area (TPSA) is 46.3 Å². The Morgan fingerprint density at radius 3 is 2.73 bits per heavy atom. The van der Waals surface area contributed by atoms with Gasteiger partial charge in [-0.25, -0.2) is 0 Å². The predicted molar refractivity (Wildman–Crippen MR) is 104 cm³/mol. The van der Waals surface area contributed by atoms with Crippen molar-refractivity contribution in [3.8, 4) is 5.69 Å². The van der Waals surface area contributed by atoms with Crippen LogP contribution in [0.2, 0.25) is 0 Å². The first-order valence-electron chi connectivity index (χ1n) is 8.81. The van der Waals surface area contributed by atoms with Crippen LogP contribution in [0.4, 0.5) is 0 Å². The van der Waals surface area contributed by atoms with Crippen molar-refractivity contribution < 1.29 is 0 Å². The zero-order chi connectivity index (χ0) is 17.5. The van der Waals surface area contributed by atoms with Gasteiger partial charge >= 0.3 is 0 Å². The number of thioether (sulfide) groups is 1. The van der Waals surface area contributed by atoms with Gasteiger partial charge in [-0.05, 0) is 36.4 Å². The molecule has 130 valence electrons. The number of hydrogen-bond donors (Lipinski definition) is 0. The molecule has 2 aliphatic heterocycles. The molecule has 0 spiro atoms. The minimum atomic E-state index is 0.0155. The lowest BCUT2D eigenvalue weighted by Crippen LogP contribution is -2.30. The van der Waals surface area contributed by atoms with Crippen LogP contribution in [0.1, 0.15) is 30.4 Å². The highest BCUT2D eigenvalue weighted by molar-refractivity contribution is 8.14. The van der Waals surface area contributed by atoms with Crippen molar-refractivity contribution in [2.75, 3.05) is 6.54 Å². The molecular formula is C20H19N5S. The van der Waals surface area contributed by atoms with Crippen molar-refractivity contribution in [1.82, 2.24) is 19.4 Å². The zero-order valence-electron chi connectivity index (χ0n) is 14.4. The number of rotatable bonds is 3. The highest BCUT2D eigenvalue weighted by atomic mass is 32.2. The molecule has 26 heavy (non-hydrogen) atoms. The third-order valence-corrected chi connectivity index (χ3v) is 6.01. The monoisotopic (exact) mass is 361 g/mol. The summed E-state index contributed by atoms with van der Waals surface area (Å²) < 4.78 is 2.24. The van der Waals surface area contributed by atoms with E-state index in [0.717, 1.165) is 23.1 Å². The highest BCUT2D eigenvalue weighted by Gasteiger charge is 2.44. The van der Waals surface area contributed by atoms with Crippen molar-refractivity contribution in [3.05, 3.63) is 78.6 Å². The number of aromatic nitrogens is 3. The fourth-order valence-corrected chi connectivity index (χ4v) is 4.91. The molecule has 0 aromatic carbocycles. The van der Waals surface area contributed by atoms with Crippen LogP contribution in [-0.4, -0.2) is 36.4 Å². The van der Waals surface area contributed by atoms with Gasteiger partial charge in [-0.3, -0.25) is 15.0 Å². The molecule has 0 bridgehead atoms. The molecule has 1 fully saturated rings. The summed E-state index contributed by atoms with van der Waals surface area (Å²) in [6.45, 7) is 3.28. The molecule has 3 aromatic rings. The smallest absolute Gasteiger partial charge is 0.160 e. The molecule has 0 unspecified atom stereocenters. The maximum absolute atomic E-state index is 5.06. The van der Waals surface area contributed by atoms with Crippen LogP contribution in [0.25, 0.3) is 5.69 Å². The molecule has 0 saturated carbocycles. The molecule has 0 radical (unpaired) electrons. The lowest BCUT2D eigenvalue weighted by Gasteiger charge is -2.28. The Kier molecular flexibility index (Phi) is 3.78. The Hall–Kier alpha value is -2.60. The molecule has 0 aliphatic carbocycles. The third-order valence-electron chi connectivity index (χ3n) is 4.91. The molecule has 5 heterocycles. The van der Waals surface area contributed by atoms with Gasteiger partial charge in [-0.2, -0.15) is 0 Å². The Morgan fingerprint density at radius 2 is 1.92 bits per heavy atom. The van der Waals surface area contributed by atoms with Gasteiger partial charge in [0.25, 0.3) is 0 Å². The van der Waals surface area contributed by atoms with Gasteiger partial charge in [-0.1, -0.05) is 24.8 Å². The normalized spacial score (nSPS) is 24.6. The van der Waals surface area contributed by atoms with E-state index in [0.29, 0.717) is 5.25 Å². The van der Waals surface area contributed by atoms with Crippen LogP contribution < -0.4 is 0 Å². The highest BCUT2D eigenvalue weighted by Crippen LogP contribution is 2.47. The largest absolute Gasteiger partial charge is 0.339 e. The lowest BCUT2D eigenvalue weighted by molar-refractivity contribution is 0.312. The van der Waals surface area contributed by atoms with Gasteiger partial charge < -0.3 is 9.47 Å². The molecular weight excluding hydrogens is 342 g/mol. The number of aliphatic imine (C=N–C) groups is 1. The summed E-state index contributed by atoms with van der Waals surface area (Å²) in [5.41, 5.74) is 3.38. The summed E-state index contributed by atoms with van der Waals surface area (Å²) in [5.74, 6) is 0. The van der Waals surface area contributed by atoms with Gasteiger partial charge in [0.2, 0.25) is 0 Å². The predicted octanol–water partition coefficient (Wildman–Crippen LogP) is 3.86.